The smallest absolute Gasteiger partial charge is 0.415 e. The Labute approximate surface area is 148 Å². The zero-order chi connectivity index (χ0) is 17.7. The number of imide groups is 1. The number of terminal acetylenes is 1. The maximum absolute atomic E-state index is 12.5. The molecule has 0 fully saturated rings. The van der Waals surface area contributed by atoms with Crippen molar-refractivity contribution in [2.45, 2.75) is 5.03 Å². The van der Waals surface area contributed by atoms with Crippen LogP contribution in [-0.4, -0.2) is 34.6 Å². The largest absolute Gasteiger partial charge is 0.436 e. The quantitative estimate of drug-likeness (QED) is 0.667. The number of hydrogen-bond donors (Lipinski definition) is 1. The first-order chi connectivity index (χ1) is 11.5. The van der Waals surface area contributed by atoms with Crippen LogP contribution in [0.2, 0.25) is 5.02 Å². The predicted molar refractivity (Wildman–Crippen MR) is 93.1 cm³/mol. The van der Waals surface area contributed by atoms with Crippen molar-refractivity contribution in [3.8, 4) is 23.6 Å². The number of aryl methyl sites for hydroxylation is 1. The first kappa shape index (κ1) is 17.9. The third-order valence-corrected chi connectivity index (χ3v) is 4.14. The highest BCUT2D eigenvalue weighted by Crippen LogP contribution is 2.30. The van der Waals surface area contributed by atoms with Gasteiger partial charge in [0.15, 0.2) is 6.61 Å². The van der Waals surface area contributed by atoms with Gasteiger partial charge in [0.2, 0.25) is 0 Å². The van der Waals surface area contributed by atoms with E-state index in [2.05, 4.69) is 21.1 Å². The van der Waals surface area contributed by atoms with Crippen LogP contribution in [0.15, 0.2) is 29.3 Å². The van der Waals surface area contributed by atoms with Crippen LogP contribution in [-0.2, 0) is 11.8 Å². The van der Waals surface area contributed by atoms with Gasteiger partial charge in [0, 0.05) is 17.6 Å². The van der Waals surface area contributed by atoms with Gasteiger partial charge in [-0.25, -0.2) is 4.79 Å². The van der Waals surface area contributed by atoms with Crippen molar-refractivity contribution in [3.05, 3.63) is 34.9 Å². The van der Waals surface area contributed by atoms with E-state index in [1.807, 2.05) is 6.26 Å². The molecule has 0 saturated carbocycles. The molecule has 0 bridgehead atoms. The van der Waals surface area contributed by atoms with E-state index < -0.39 is 12.0 Å². The van der Waals surface area contributed by atoms with E-state index in [4.69, 9.17) is 18.0 Å². The van der Waals surface area contributed by atoms with Crippen LogP contribution in [0.25, 0.3) is 11.3 Å². The molecular formula is C16H14ClN3O3S. The van der Waals surface area contributed by atoms with Gasteiger partial charge in [0.05, 0.1) is 5.56 Å². The summed E-state index contributed by atoms with van der Waals surface area (Å²) in [5, 5.41) is 7.72. The Hall–Kier alpha value is -2.43. The van der Waals surface area contributed by atoms with Crippen molar-refractivity contribution in [2.75, 3.05) is 12.9 Å². The molecule has 6 nitrogen and oxygen atoms in total. The van der Waals surface area contributed by atoms with Gasteiger partial charge in [-0.15, -0.1) is 18.2 Å². The van der Waals surface area contributed by atoms with Gasteiger partial charge in [-0.1, -0.05) is 29.7 Å². The molecule has 1 heterocycles. The highest BCUT2D eigenvalue weighted by molar-refractivity contribution is 7.98. The molecule has 0 spiro atoms. The second kappa shape index (κ2) is 7.90. The highest BCUT2D eigenvalue weighted by Gasteiger charge is 2.25. The maximum Gasteiger partial charge on any atom is 0.415 e. The van der Waals surface area contributed by atoms with Crippen molar-refractivity contribution in [1.82, 2.24) is 15.1 Å². The number of amides is 2. The Bertz CT molecular complexity index is 809. The molecule has 8 heteroatoms. The first-order valence-electron chi connectivity index (χ1n) is 6.76. The lowest BCUT2D eigenvalue weighted by atomic mass is 10.1. The van der Waals surface area contributed by atoms with Crippen molar-refractivity contribution in [3.63, 3.8) is 0 Å². The number of carbonyl (C=O) groups excluding carboxylic acids is 2. The zero-order valence-electron chi connectivity index (χ0n) is 13.0. The Morgan fingerprint density at radius 3 is 2.67 bits per heavy atom. The molecule has 0 unspecified atom stereocenters. The average Bonchev–Trinajstić information content (AvgIpc) is 2.90. The molecule has 0 saturated heterocycles. The van der Waals surface area contributed by atoms with Gasteiger partial charge in [-0.3, -0.25) is 14.8 Å². The van der Waals surface area contributed by atoms with Gasteiger partial charge < -0.3 is 4.74 Å². The van der Waals surface area contributed by atoms with Crippen molar-refractivity contribution < 1.29 is 14.3 Å². The molecule has 2 aromatic rings. The summed E-state index contributed by atoms with van der Waals surface area (Å²) in [5.41, 5.74) is 1.43. The lowest BCUT2D eigenvalue weighted by Crippen LogP contribution is -2.31. The normalized spacial score (nSPS) is 10.1. The van der Waals surface area contributed by atoms with Crippen LogP contribution in [0.1, 0.15) is 10.4 Å². The van der Waals surface area contributed by atoms with Crippen LogP contribution < -0.4 is 5.32 Å². The number of benzene rings is 1. The summed E-state index contributed by atoms with van der Waals surface area (Å²) in [6.07, 6.45) is 5.92. The molecule has 0 radical (unpaired) electrons. The number of nitrogens with one attached hydrogen (secondary N) is 1. The van der Waals surface area contributed by atoms with Gasteiger partial charge in [-0.05, 0) is 18.4 Å². The molecule has 2 rings (SSSR count). The van der Waals surface area contributed by atoms with Crippen LogP contribution >= 0.6 is 23.4 Å². The van der Waals surface area contributed by atoms with Crippen LogP contribution in [0.4, 0.5) is 4.79 Å². The molecule has 0 aliphatic heterocycles. The Kier molecular flexibility index (Phi) is 5.90. The molecule has 124 valence electrons. The summed E-state index contributed by atoms with van der Waals surface area (Å²) in [7, 11) is 1.72. The molecule has 24 heavy (non-hydrogen) atoms. The Morgan fingerprint density at radius 2 is 2.08 bits per heavy atom. The molecule has 1 N–H and O–H groups in total. The molecule has 1 aromatic heterocycles. The number of carbonyl (C=O) groups is 2. The van der Waals surface area contributed by atoms with Gasteiger partial charge >= 0.3 is 6.09 Å². The molecule has 0 atom stereocenters. The van der Waals surface area contributed by atoms with E-state index >= 15 is 0 Å². The second-order valence-corrected chi connectivity index (χ2v) is 5.83. The van der Waals surface area contributed by atoms with E-state index in [9.17, 15) is 9.59 Å². The average molecular weight is 364 g/mol. The SMILES string of the molecule is C#CCOC(=O)NC(=O)c1c(-c2ccc(Cl)cc2)nn(C)c1SC. The number of alkyl carbamates (subject to hydrolysis) is 1. The Balaban J connectivity index is 2.40. The van der Waals surface area contributed by atoms with E-state index in [1.165, 1.54) is 11.8 Å². The van der Waals surface area contributed by atoms with Crippen molar-refractivity contribution >= 4 is 35.4 Å². The fourth-order valence-corrected chi connectivity index (χ4v) is 2.88. The van der Waals surface area contributed by atoms with Gasteiger partial charge in [0.25, 0.3) is 5.91 Å². The van der Waals surface area contributed by atoms with Crippen LogP contribution in [0.5, 0.6) is 0 Å². The minimum Gasteiger partial charge on any atom is -0.436 e. The fourth-order valence-electron chi connectivity index (χ4n) is 2.06. The summed E-state index contributed by atoms with van der Waals surface area (Å²) >= 11 is 7.24. The lowest BCUT2D eigenvalue weighted by Gasteiger charge is -2.06. The highest BCUT2D eigenvalue weighted by atomic mass is 35.5. The Morgan fingerprint density at radius 1 is 1.42 bits per heavy atom. The monoisotopic (exact) mass is 363 g/mol. The maximum atomic E-state index is 12.5. The fraction of sp³-hybridized carbons (Fsp3) is 0.188. The second-order valence-electron chi connectivity index (χ2n) is 4.60. The van der Waals surface area contributed by atoms with E-state index in [-0.39, 0.29) is 12.2 Å². The first-order valence-corrected chi connectivity index (χ1v) is 8.36. The third-order valence-electron chi connectivity index (χ3n) is 3.03. The summed E-state index contributed by atoms with van der Waals surface area (Å²) in [5.74, 6) is 1.54. The van der Waals surface area contributed by atoms with Crippen LogP contribution in [0, 0.1) is 12.3 Å². The number of nitrogens with zero attached hydrogens (tertiary/aromatic N) is 2. The van der Waals surface area contributed by atoms with Gasteiger partial charge in [-0.2, -0.15) is 5.10 Å². The number of ether oxygens (including phenoxy) is 1. The minimum atomic E-state index is -0.907. The summed E-state index contributed by atoms with van der Waals surface area (Å²) in [6, 6.07) is 6.91. The third kappa shape index (κ3) is 3.91. The topological polar surface area (TPSA) is 73.2 Å². The van der Waals surface area contributed by atoms with Gasteiger partial charge in [0.1, 0.15) is 10.7 Å². The molecule has 0 aliphatic rings. The van der Waals surface area contributed by atoms with E-state index in [0.29, 0.717) is 21.3 Å². The number of rotatable bonds is 4. The summed E-state index contributed by atoms with van der Waals surface area (Å²) < 4.78 is 6.25. The minimum absolute atomic E-state index is 0.217. The number of thioether (sulfide) groups is 1. The molecule has 0 aliphatic carbocycles. The molecule has 2 amide bonds. The van der Waals surface area contributed by atoms with Crippen molar-refractivity contribution in [1.29, 1.82) is 0 Å². The zero-order valence-corrected chi connectivity index (χ0v) is 14.6. The summed E-state index contributed by atoms with van der Waals surface area (Å²) in [4.78, 5) is 24.1. The predicted octanol–water partition coefficient (Wildman–Crippen LogP) is 2.96. The number of halogens is 1. The summed E-state index contributed by atoms with van der Waals surface area (Å²) in [6.45, 7) is -0.217. The standard InChI is InChI=1S/C16H14ClN3O3S/c1-4-9-23-16(22)18-14(21)12-13(19-20(2)15(12)24-3)10-5-7-11(17)8-6-10/h1,5-8H,9H2,2-3H3,(H,18,21,22). The van der Waals surface area contributed by atoms with E-state index in [0.717, 1.165) is 0 Å². The van der Waals surface area contributed by atoms with Crippen molar-refractivity contribution in [2.24, 2.45) is 7.05 Å². The lowest BCUT2D eigenvalue weighted by molar-refractivity contribution is 0.0928. The number of aromatic nitrogens is 2. The number of hydrogen-bond acceptors (Lipinski definition) is 5. The van der Waals surface area contributed by atoms with E-state index in [1.54, 1.807) is 36.0 Å². The molecule has 1 aromatic carbocycles. The van der Waals surface area contributed by atoms with Crippen LogP contribution in [0.3, 0.4) is 0 Å². The molecular weight excluding hydrogens is 350 g/mol.